The molecule has 3 atom stereocenters. The average Bonchev–Trinajstić information content (AvgIpc) is 3.00. The van der Waals surface area contributed by atoms with Crippen LogP contribution in [0.5, 0.6) is 0 Å². The molecule has 94 valence electrons. The van der Waals surface area contributed by atoms with Crippen LogP contribution in [0.15, 0.2) is 22.7 Å². The van der Waals surface area contributed by atoms with Crippen molar-refractivity contribution in [2.45, 2.75) is 26.3 Å². The molecule has 2 rings (SSSR count). The van der Waals surface area contributed by atoms with Crippen LogP contribution >= 0.6 is 15.9 Å². The molecule has 3 unspecified atom stereocenters. The number of hydrogen-bond donors (Lipinski definition) is 2. The summed E-state index contributed by atoms with van der Waals surface area (Å²) in [6.07, 6.45) is 1.36. The minimum atomic E-state index is 0.277. The lowest BCUT2D eigenvalue weighted by molar-refractivity contribution is 0.511. The van der Waals surface area contributed by atoms with Gasteiger partial charge in [0.05, 0.1) is 0 Å². The van der Waals surface area contributed by atoms with E-state index in [2.05, 4.69) is 53.3 Å². The lowest BCUT2D eigenvalue weighted by Crippen LogP contribution is -2.30. The summed E-state index contributed by atoms with van der Waals surface area (Å²) in [4.78, 5) is 0. The molecule has 0 saturated heterocycles. The number of halogens is 1. The van der Waals surface area contributed by atoms with Crippen LogP contribution in [0.25, 0.3) is 0 Å². The van der Waals surface area contributed by atoms with E-state index < -0.39 is 0 Å². The van der Waals surface area contributed by atoms with Crippen LogP contribution < -0.4 is 11.1 Å². The van der Waals surface area contributed by atoms with E-state index in [1.165, 1.54) is 17.5 Å². The number of rotatable bonds is 5. The minimum absolute atomic E-state index is 0.277. The van der Waals surface area contributed by atoms with Crippen LogP contribution in [0.4, 0.5) is 0 Å². The largest absolute Gasteiger partial charge is 0.329 e. The quantitative estimate of drug-likeness (QED) is 0.877. The third-order valence-electron chi connectivity index (χ3n) is 3.74. The van der Waals surface area contributed by atoms with Gasteiger partial charge in [0.15, 0.2) is 0 Å². The van der Waals surface area contributed by atoms with Crippen molar-refractivity contribution < 1.29 is 0 Å². The van der Waals surface area contributed by atoms with E-state index in [1.807, 2.05) is 0 Å². The molecule has 0 aliphatic heterocycles. The molecule has 2 nitrogen and oxygen atoms in total. The summed E-state index contributed by atoms with van der Waals surface area (Å²) in [6, 6.07) is 6.76. The lowest BCUT2D eigenvalue weighted by Gasteiger charge is -2.18. The highest BCUT2D eigenvalue weighted by molar-refractivity contribution is 9.10. The number of nitrogens with two attached hydrogens (primary N) is 1. The first kappa shape index (κ1) is 13.1. The minimum Gasteiger partial charge on any atom is -0.329 e. The van der Waals surface area contributed by atoms with E-state index in [9.17, 15) is 0 Å². The molecule has 1 saturated carbocycles. The predicted molar refractivity (Wildman–Crippen MR) is 75.9 cm³/mol. The smallest absolute Gasteiger partial charge is 0.0445 e. The Morgan fingerprint density at radius 3 is 2.76 bits per heavy atom. The maximum atomic E-state index is 5.86. The van der Waals surface area contributed by atoms with Gasteiger partial charge in [-0.2, -0.15) is 0 Å². The van der Waals surface area contributed by atoms with Gasteiger partial charge >= 0.3 is 0 Å². The van der Waals surface area contributed by atoms with E-state index in [-0.39, 0.29) is 6.04 Å². The molecular weight excluding hydrogens is 276 g/mol. The van der Waals surface area contributed by atoms with Gasteiger partial charge in [-0.15, -0.1) is 0 Å². The molecule has 0 aromatic heterocycles. The Bertz CT molecular complexity index is 392. The van der Waals surface area contributed by atoms with Crippen molar-refractivity contribution in [2.24, 2.45) is 17.6 Å². The van der Waals surface area contributed by atoms with E-state index in [0.29, 0.717) is 6.54 Å². The van der Waals surface area contributed by atoms with Crippen molar-refractivity contribution in [3.05, 3.63) is 33.8 Å². The standard InChI is InChI=1S/C14H21BrN2/c1-9-3-4-11(6-13(9)15)14(7-16)17-8-12-5-10(12)2/h3-4,6,10,12,14,17H,5,7-8,16H2,1-2H3. The van der Waals surface area contributed by atoms with E-state index in [4.69, 9.17) is 5.73 Å². The molecule has 0 radical (unpaired) electrons. The Kier molecular flexibility index (Phi) is 4.23. The summed E-state index contributed by atoms with van der Waals surface area (Å²) in [5.41, 5.74) is 8.40. The Hall–Kier alpha value is -0.380. The summed E-state index contributed by atoms with van der Waals surface area (Å²) in [6.45, 7) is 6.15. The monoisotopic (exact) mass is 296 g/mol. The summed E-state index contributed by atoms with van der Waals surface area (Å²) in [7, 11) is 0. The second kappa shape index (κ2) is 5.51. The number of benzene rings is 1. The van der Waals surface area contributed by atoms with Gasteiger partial charge in [-0.1, -0.05) is 35.0 Å². The van der Waals surface area contributed by atoms with Crippen LogP contribution in [-0.2, 0) is 0 Å². The zero-order valence-electron chi connectivity index (χ0n) is 10.5. The maximum Gasteiger partial charge on any atom is 0.0445 e. The second-order valence-electron chi connectivity index (χ2n) is 5.18. The van der Waals surface area contributed by atoms with E-state index in [0.717, 1.165) is 22.9 Å². The highest BCUT2D eigenvalue weighted by Crippen LogP contribution is 2.37. The van der Waals surface area contributed by atoms with Crippen molar-refractivity contribution in [3.8, 4) is 0 Å². The van der Waals surface area contributed by atoms with Crippen molar-refractivity contribution in [3.63, 3.8) is 0 Å². The molecule has 1 fully saturated rings. The van der Waals surface area contributed by atoms with Gasteiger partial charge in [0.25, 0.3) is 0 Å². The first-order valence-electron chi connectivity index (χ1n) is 6.31. The van der Waals surface area contributed by atoms with Gasteiger partial charge in [0, 0.05) is 17.1 Å². The Morgan fingerprint density at radius 1 is 1.53 bits per heavy atom. The predicted octanol–water partition coefficient (Wildman–Crippen LogP) is 3.00. The third-order valence-corrected chi connectivity index (χ3v) is 4.59. The van der Waals surface area contributed by atoms with Crippen LogP contribution in [0.1, 0.15) is 30.5 Å². The molecule has 0 amide bonds. The molecule has 0 heterocycles. The van der Waals surface area contributed by atoms with Gasteiger partial charge in [0.2, 0.25) is 0 Å². The summed E-state index contributed by atoms with van der Waals surface area (Å²) < 4.78 is 1.16. The summed E-state index contributed by atoms with van der Waals surface area (Å²) in [5, 5.41) is 3.58. The fraction of sp³-hybridized carbons (Fsp3) is 0.571. The first-order chi connectivity index (χ1) is 8.11. The summed E-state index contributed by atoms with van der Waals surface area (Å²) >= 11 is 3.58. The van der Waals surface area contributed by atoms with Crippen molar-refractivity contribution >= 4 is 15.9 Å². The van der Waals surface area contributed by atoms with Crippen LogP contribution in [0.3, 0.4) is 0 Å². The SMILES string of the molecule is Cc1ccc(C(CN)NCC2CC2C)cc1Br. The second-order valence-corrected chi connectivity index (χ2v) is 6.03. The third kappa shape index (κ3) is 3.30. The van der Waals surface area contributed by atoms with Gasteiger partial charge < -0.3 is 11.1 Å². The highest BCUT2D eigenvalue weighted by atomic mass is 79.9. The molecule has 3 heteroatoms. The molecular formula is C14H21BrN2. The number of hydrogen-bond acceptors (Lipinski definition) is 2. The molecule has 0 spiro atoms. The van der Waals surface area contributed by atoms with Crippen molar-refractivity contribution in [2.75, 3.05) is 13.1 Å². The molecule has 1 aliphatic rings. The molecule has 1 aliphatic carbocycles. The van der Waals surface area contributed by atoms with E-state index >= 15 is 0 Å². The normalized spacial score (nSPS) is 24.7. The lowest BCUT2D eigenvalue weighted by atomic mass is 10.1. The molecule has 0 bridgehead atoms. The Labute approximate surface area is 112 Å². The zero-order chi connectivity index (χ0) is 12.4. The van der Waals surface area contributed by atoms with Gasteiger partial charge in [-0.25, -0.2) is 0 Å². The highest BCUT2D eigenvalue weighted by Gasteiger charge is 2.32. The maximum absolute atomic E-state index is 5.86. The topological polar surface area (TPSA) is 38.0 Å². The fourth-order valence-electron chi connectivity index (χ4n) is 2.14. The molecule has 17 heavy (non-hydrogen) atoms. The Morgan fingerprint density at radius 2 is 2.24 bits per heavy atom. The van der Waals surface area contributed by atoms with E-state index in [1.54, 1.807) is 0 Å². The zero-order valence-corrected chi connectivity index (χ0v) is 12.1. The molecule has 1 aromatic rings. The number of aryl methyl sites for hydroxylation is 1. The molecule has 3 N–H and O–H groups in total. The summed E-state index contributed by atoms with van der Waals surface area (Å²) in [5.74, 6) is 1.75. The van der Waals surface area contributed by atoms with Crippen LogP contribution in [-0.4, -0.2) is 13.1 Å². The molecule has 1 aromatic carbocycles. The van der Waals surface area contributed by atoms with Gasteiger partial charge in [0.1, 0.15) is 0 Å². The van der Waals surface area contributed by atoms with Gasteiger partial charge in [-0.05, 0) is 48.9 Å². The van der Waals surface area contributed by atoms with Crippen molar-refractivity contribution in [1.82, 2.24) is 5.32 Å². The van der Waals surface area contributed by atoms with Gasteiger partial charge in [-0.3, -0.25) is 0 Å². The first-order valence-corrected chi connectivity index (χ1v) is 7.10. The number of nitrogens with one attached hydrogen (secondary N) is 1. The fourth-order valence-corrected chi connectivity index (χ4v) is 2.54. The Balaban J connectivity index is 1.98. The van der Waals surface area contributed by atoms with Crippen LogP contribution in [0.2, 0.25) is 0 Å². The van der Waals surface area contributed by atoms with Crippen LogP contribution in [0, 0.1) is 18.8 Å². The van der Waals surface area contributed by atoms with Crippen molar-refractivity contribution in [1.29, 1.82) is 0 Å². The average molecular weight is 297 g/mol.